The van der Waals surface area contributed by atoms with Gasteiger partial charge in [0, 0.05) is 138 Å². The third kappa shape index (κ3) is 31.8. The monoisotopic (exact) mass is 2040 g/mol. The number of ether oxygens (including phenoxy) is 34. The van der Waals surface area contributed by atoms with Gasteiger partial charge in [-0.2, -0.15) is 0 Å². The summed E-state index contributed by atoms with van der Waals surface area (Å²) in [6, 6.07) is 0. The van der Waals surface area contributed by atoms with Gasteiger partial charge in [-0.15, -0.1) is 0 Å². The fraction of sp³-hybridized carbons (Fsp3) is 0.733. The molecule has 21 aliphatic heterocycles. The quantitative estimate of drug-likeness (QED) is 0.0447. The van der Waals surface area contributed by atoms with E-state index < -0.39 is 381 Å². The number of carbonyl (C=O) groups is 20. The van der Waals surface area contributed by atoms with E-state index in [1.165, 1.54) is 27.9 Å². The van der Waals surface area contributed by atoms with Crippen LogP contribution in [0.15, 0.2) is 18.7 Å². The number of imidazole rings is 1. The van der Waals surface area contributed by atoms with E-state index >= 15 is 0 Å². The summed E-state index contributed by atoms with van der Waals surface area (Å²) in [5.74, 6) is -24.5. The Morgan fingerprint density at radius 1 is 0.197 bits per heavy atom. The molecule has 22 rings (SSSR count). The Hall–Kier alpha value is -11.9. The van der Waals surface area contributed by atoms with Gasteiger partial charge in [0.2, 0.25) is 6.33 Å². The maximum atomic E-state index is 14.1. The SMILES string of the molecule is CC(=O)OCC1OC2OC3C(COC(C)=O)OC(OC4C(COC(C)=O)OC(OC5C(Cn6cc[n+](C)c6)OC(OC6C(COC(C)=O)OC(OC7C(COC(C)=O)OC(OC8C(COC(C)=O)OC(OC1C(OC(C)=O)C2OC(C)=O)C(OC(C)=O)C8OC(C)=O)C(OC(C)=O)C7OC(C)=O)C(OC(C)=O)C6OC(C)=O)C(OC(C)=O)C5OC(C)=O)C(OC(C)=O)C4OC(C)=O)C(OC(C)=O)C3OC(C)=O. The average Bonchev–Trinajstić information content (AvgIpc) is 0.809. The molecule has 792 valence electrons. The number of carbonyl (C=O) groups excluding carboxylic acids is 20. The van der Waals surface area contributed by atoms with Gasteiger partial charge in [0.15, 0.2) is 129 Å². The van der Waals surface area contributed by atoms with Gasteiger partial charge in [0.05, 0.1) is 7.05 Å². The molecule has 0 aliphatic carbocycles. The van der Waals surface area contributed by atoms with Crippen LogP contribution in [-0.2, 0) is 271 Å². The highest BCUT2D eigenvalue weighted by atomic mass is 16.8. The van der Waals surface area contributed by atoms with E-state index in [9.17, 15) is 95.9 Å². The van der Waals surface area contributed by atoms with Crippen LogP contribution in [0.2, 0.25) is 0 Å². The Kier molecular flexibility index (Phi) is 41.1. The average molecular weight is 2040 g/mol. The summed E-state index contributed by atoms with van der Waals surface area (Å²) < 4.78 is 214. The van der Waals surface area contributed by atoms with Crippen LogP contribution in [-0.4, -0.2) is 379 Å². The number of rotatable bonds is 28. The molecule has 56 heteroatoms. The predicted octanol–water partition coefficient (Wildman–Crippen LogP) is -3.48. The topological polar surface area (TPSA) is 664 Å². The molecule has 0 saturated carbocycles. The molecule has 1 aromatic rings. The molecule has 1 aromatic heterocycles. The fourth-order valence-electron chi connectivity index (χ4n) is 16.6. The Morgan fingerprint density at radius 2 is 0.331 bits per heavy atom. The summed E-state index contributed by atoms with van der Waals surface area (Å²) in [6.45, 7) is 9.84. The van der Waals surface area contributed by atoms with Crippen molar-refractivity contribution in [2.75, 3.05) is 39.6 Å². The van der Waals surface area contributed by atoms with E-state index in [1.807, 2.05) is 0 Å². The van der Waals surface area contributed by atoms with Crippen LogP contribution in [0, 0.1) is 0 Å². The van der Waals surface area contributed by atoms with Crippen molar-refractivity contribution >= 4 is 119 Å². The van der Waals surface area contributed by atoms with Crippen LogP contribution in [0.4, 0.5) is 0 Å². The molecule has 35 atom stereocenters. The highest BCUT2D eigenvalue weighted by Crippen LogP contribution is 2.45. The van der Waals surface area contributed by atoms with E-state index in [2.05, 4.69) is 0 Å². The Bertz CT molecular complexity index is 4570. The van der Waals surface area contributed by atoms with Crippen LogP contribution >= 0.6 is 0 Å². The third-order valence-corrected chi connectivity index (χ3v) is 21.3. The maximum absolute atomic E-state index is 14.1. The zero-order valence-electron chi connectivity index (χ0n) is 80.8. The zero-order valence-corrected chi connectivity index (χ0v) is 80.8. The minimum absolute atomic E-state index is 0.547. The van der Waals surface area contributed by atoms with Gasteiger partial charge in [-0.25, -0.2) is 9.13 Å². The van der Waals surface area contributed by atoms with Crippen molar-refractivity contribution in [3.05, 3.63) is 18.7 Å². The second-order valence-electron chi connectivity index (χ2n) is 33.1. The van der Waals surface area contributed by atoms with Gasteiger partial charge in [-0.05, 0) is 0 Å². The summed E-state index contributed by atoms with van der Waals surface area (Å²) in [7, 11) is 1.58. The molecule has 0 spiro atoms. The molecule has 22 heterocycles. The van der Waals surface area contributed by atoms with Crippen molar-refractivity contribution in [1.29, 1.82) is 0 Å². The molecule has 14 bridgehead atoms. The van der Waals surface area contributed by atoms with Gasteiger partial charge < -0.3 is 161 Å². The smallest absolute Gasteiger partial charge is 0.303 e. The van der Waals surface area contributed by atoms with Crippen LogP contribution in [0.25, 0.3) is 0 Å². The minimum Gasteiger partial charge on any atom is -0.463 e. The summed E-state index contributed by atoms with van der Waals surface area (Å²) in [5, 5.41) is 0. The van der Waals surface area contributed by atoms with Crippen LogP contribution in [0.3, 0.4) is 0 Å². The number of esters is 20. The zero-order chi connectivity index (χ0) is 105. The standard InChI is InChI=1S/C86H115N2O54/c1-32(89)109-25-53-60-67(116-39(8)96)75(124-47(16)104)82(131-53)139-62-55(27-111-34(3)91)133-84(77(126-49(18)106)69(62)118-41(10)98)141-64-57(29-113-36(5)93)135-86(79(128-51(20)108)71(64)120-43(12)100)142-65-58(30-114-37(6)94)134-85(78(127-50(19)107)72(65)121-44(13)101)140-63-56(28-112-35(4)92)132-83(76(125-48(17)105)70(63)119-42(11)99)138-61-54(26-110-33(2)90)130-81(74(123-46(15)103)68(61)117-40(9)97)136-59-52(24-88-23-22-87(21)31-88)129-80(137-60)73(122-45(14)102)66(59)115-38(7)95/h22-23,31,52-86H,24-30H2,1-21H3/q+1. The van der Waals surface area contributed by atoms with Crippen molar-refractivity contribution in [3.8, 4) is 0 Å². The highest BCUT2D eigenvalue weighted by molar-refractivity contribution is 5.73. The van der Waals surface area contributed by atoms with Gasteiger partial charge in [0.1, 0.15) is 144 Å². The Balaban J connectivity index is 1.40. The van der Waals surface area contributed by atoms with Crippen molar-refractivity contribution in [1.82, 2.24) is 4.57 Å². The van der Waals surface area contributed by atoms with E-state index in [0.717, 1.165) is 138 Å². The molecule has 56 nitrogen and oxygen atoms in total. The molecule has 21 fully saturated rings. The Morgan fingerprint density at radius 3 is 0.458 bits per heavy atom. The lowest BCUT2D eigenvalue weighted by Gasteiger charge is -2.52. The summed E-state index contributed by atoms with van der Waals surface area (Å²) >= 11 is 0. The lowest BCUT2D eigenvalue weighted by molar-refractivity contribution is -0.671. The number of aryl methyl sites for hydroxylation is 1. The van der Waals surface area contributed by atoms with E-state index in [1.54, 1.807) is 7.05 Å². The largest absolute Gasteiger partial charge is 0.463 e. The number of hydrogen-bond acceptors (Lipinski definition) is 54. The van der Waals surface area contributed by atoms with E-state index in [4.69, 9.17) is 161 Å². The van der Waals surface area contributed by atoms with Gasteiger partial charge >= 0.3 is 119 Å². The second kappa shape index (κ2) is 51.3. The van der Waals surface area contributed by atoms with Gasteiger partial charge in [-0.3, -0.25) is 95.9 Å². The lowest BCUT2D eigenvalue weighted by atomic mass is 9.94. The highest BCUT2D eigenvalue weighted by Gasteiger charge is 2.67. The summed E-state index contributed by atoms with van der Waals surface area (Å²) in [5.41, 5.74) is 0. The summed E-state index contributed by atoms with van der Waals surface area (Å²) in [6.07, 6.45) is -75.2. The third-order valence-electron chi connectivity index (χ3n) is 21.3. The van der Waals surface area contributed by atoms with Crippen LogP contribution in [0.5, 0.6) is 0 Å². The molecule has 0 amide bonds. The molecule has 0 N–H and O–H groups in total. The Labute approximate surface area is 808 Å². The van der Waals surface area contributed by atoms with Gasteiger partial charge in [-0.1, -0.05) is 0 Å². The first-order valence-corrected chi connectivity index (χ1v) is 44.1. The van der Waals surface area contributed by atoms with Crippen molar-refractivity contribution < 1.29 is 262 Å². The first-order chi connectivity index (χ1) is 66.7. The normalized spacial score (nSPS) is 34.4. The van der Waals surface area contributed by atoms with Gasteiger partial charge in [0.25, 0.3) is 0 Å². The lowest BCUT2D eigenvalue weighted by Crippen LogP contribution is -2.70. The first-order valence-electron chi connectivity index (χ1n) is 44.1. The molecule has 35 unspecified atom stereocenters. The number of aromatic nitrogens is 2. The molecule has 0 aromatic carbocycles. The predicted molar refractivity (Wildman–Crippen MR) is 438 cm³/mol. The van der Waals surface area contributed by atoms with Crippen LogP contribution in [0.1, 0.15) is 138 Å². The molecular formula is C86H115N2O54+. The molecule has 21 saturated heterocycles. The fourth-order valence-corrected chi connectivity index (χ4v) is 16.6. The molecular weight excluding hydrogens is 1920 g/mol. The van der Waals surface area contributed by atoms with E-state index in [0.29, 0.717) is 0 Å². The summed E-state index contributed by atoms with van der Waals surface area (Å²) in [4.78, 5) is 275. The second-order valence-corrected chi connectivity index (χ2v) is 33.1. The minimum atomic E-state index is -2.46. The molecule has 142 heavy (non-hydrogen) atoms. The van der Waals surface area contributed by atoms with Crippen molar-refractivity contribution in [2.45, 2.75) is 360 Å². The number of hydrogen-bond donors (Lipinski definition) is 0. The first kappa shape index (κ1) is 114. The van der Waals surface area contributed by atoms with Crippen molar-refractivity contribution in [3.63, 3.8) is 0 Å². The van der Waals surface area contributed by atoms with E-state index in [-0.39, 0.29) is 0 Å². The molecule has 0 radical (unpaired) electrons. The van der Waals surface area contributed by atoms with Crippen LogP contribution < -0.4 is 4.57 Å². The molecule has 21 aliphatic rings. The maximum Gasteiger partial charge on any atom is 0.303 e. The van der Waals surface area contributed by atoms with Crippen molar-refractivity contribution in [2.24, 2.45) is 7.05 Å². The number of nitrogens with zero attached hydrogens (tertiary/aromatic N) is 2.